The number of rotatable bonds is 3. The topological polar surface area (TPSA) is 71.5 Å². The molecular weight excluding hydrogens is 268 g/mol. The molecule has 1 aliphatic heterocycles. The van der Waals surface area contributed by atoms with Crippen molar-refractivity contribution in [3.05, 3.63) is 35.9 Å². The lowest BCUT2D eigenvalue weighted by molar-refractivity contribution is 0.0697. The number of para-hydroxylation sites is 1. The molecule has 0 amide bonds. The van der Waals surface area contributed by atoms with Gasteiger partial charge in [0.15, 0.2) is 0 Å². The molecule has 5 nitrogen and oxygen atoms in total. The van der Waals surface area contributed by atoms with E-state index in [2.05, 4.69) is 10.3 Å². The number of benzene rings is 1. The molecule has 3 rings (SSSR count). The lowest BCUT2D eigenvalue weighted by Gasteiger charge is -2.30. The number of aromatic nitrogens is 1. The predicted octanol–water partition coefficient (Wildman–Crippen LogP) is 2.91. The zero-order chi connectivity index (χ0) is 15.0. The van der Waals surface area contributed by atoms with Crippen LogP contribution in [0.4, 0.5) is 5.82 Å². The minimum absolute atomic E-state index is 0.00687. The summed E-state index contributed by atoms with van der Waals surface area (Å²) >= 11 is 0. The Labute approximate surface area is 123 Å². The first kappa shape index (κ1) is 13.8. The first-order valence-corrected chi connectivity index (χ1v) is 7.02. The van der Waals surface area contributed by atoms with E-state index in [1.165, 1.54) is 0 Å². The molecule has 1 aromatic heterocycles. The maximum absolute atomic E-state index is 11.5. The van der Waals surface area contributed by atoms with Crippen LogP contribution in [0.25, 0.3) is 10.9 Å². The summed E-state index contributed by atoms with van der Waals surface area (Å²) in [6.07, 6.45) is 0.828. The molecule has 0 bridgehead atoms. The van der Waals surface area contributed by atoms with Gasteiger partial charge in [-0.15, -0.1) is 0 Å². The van der Waals surface area contributed by atoms with Crippen LogP contribution < -0.4 is 5.32 Å². The number of hydrogen-bond acceptors (Lipinski definition) is 4. The van der Waals surface area contributed by atoms with Crippen molar-refractivity contribution >= 4 is 22.7 Å². The standard InChI is InChI=1S/C16H18N2O3/c1-10-16(2,7-8-21-10)18-14-12(15(19)20)9-11-5-3-4-6-13(11)17-14/h3-6,9-10H,7-8H2,1-2H3,(H,17,18)(H,19,20). The van der Waals surface area contributed by atoms with E-state index in [0.29, 0.717) is 12.4 Å². The highest BCUT2D eigenvalue weighted by molar-refractivity contribution is 5.98. The zero-order valence-corrected chi connectivity index (χ0v) is 12.1. The summed E-state index contributed by atoms with van der Waals surface area (Å²) in [5.74, 6) is -0.577. The molecule has 2 N–H and O–H groups in total. The van der Waals surface area contributed by atoms with E-state index in [1.807, 2.05) is 38.1 Å². The van der Waals surface area contributed by atoms with E-state index in [-0.39, 0.29) is 17.2 Å². The quantitative estimate of drug-likeness (QED) is 0.907. The summed E-state index contributed by atoms with van der Waals surface area (Å²) in [7, 11) is 0. The average Bonchev–Trinajstić information content (AvgIpc) is 2.77. The molecule has 0 saturated carbocycles. The molecule has 1 aliphatic rings. The van der Waals surface area contributed by atoms with Gasteiger partial charge in [-0.05, 0) is 32.4 Å². The van der Waals surface area contributed by atoms with Crippen LogP contribution >= 0.6 is 0 Å². The number of pyridine rings is 1. The highest BCUT2D eigenvalue weighted by Gasteiger charge is 2.38. The second kappa shape index (κ2) is 5.00. The molecule has 2 unspecified atom stereocenters. The number of fused-ring (bicyclic) bond motifs is 1. The molecule has 1 saturated heterocycles. The number of carboxylic acids is 1. The van der Waals surface area contributed by atoms with Gasteiger partial charge in [0.25, 0.3) is 0 Å². The number of ether oxygens (including phenoxy) is 1. The van der Waals surface area contributed by atoms with Crippen molar-refractivity contribution in [2.45, 2.75) is 31.9 Å². The Kier molecular flexibility index (Phi) is 3.29. The van der Waals surface area contributed by atoms with Gasteiger partial charge in [-0.1, -0.05) is 18.2 Å². The summed E-state index contributed by atoms with van der Waals surface area (Å²) in [6, 6.07) is 9.17. The summed E-state index contributed by atoms with van der Waals surface area (Å²) in [4.78, 5) is 16.0. The SMILES string of the molecule is CC1OCCC1(C)Nc1nc2ccccc2cc1C(=O)O. The smallest absolute Gasteiger partial charge is 0.339 e. The van der Waals surface area contributed by atoms with E-state index in [9.17, 15) is 9.90 Å². The molecule has 2 heterocycles. The number of nitrogens with one attached hydrogen (secondary N) is 1. The van der Waals surface area contributed by atoms with Crippen LogP contribution in [0.3, 0.4) is 0 Å². The fourth-order valence-corrected chi connectivity index (χ4v) is 2.64. The van der Waals surface area contributed by atoms with E-state index in [1.54, 1.807) is 6.07 Å². The lowest BCUT2D eigenvalue weighted by atomic mass is 9.94. The Bertz CT molecular complexity index is 701. The van der Waals surface area contributed by atoms with Gasteiger partial charge < -0.3 is 15.2 Å². The van der Waals surface area contributed by atoms with Gasteiger partial charge in [0.05, 0.1) is 17.2 Å². The Hall–Kier alpha value is -2.14. The molecule has 5 heteroatoms. The zero-order valence-electron chi connectivity index (χ0n) is 12.1. The Morgan fingerprint density at radius 2 is 2.24 bits per heavy atom. The van der Waals surface area contributed by atoms with Crippen LogP contribution in [-0.4, -0.2) is 34.3 Å². The van der Waals surface area contributed by atoms with Crippen molar-refractivity contribution in [2.75, 3.05) is 11.9 Å². The number of aromatic carboxylic acids is 1. The normalized spacial score (nSPS) is 25.1. The van der Waals surface area contributed by atoms with E-state index in [0.717, 1.165) is 17.3 Å². The third kappa shape index (κ3) is 2.45. The van der Waals surface area contributed by atoms with Crippen LogP contribution in [-0.2, 0) is 4.74 Å². The van der Waals surface area contributed by atoms with E-state index in [4.69, 9.17) is 4.74 Å². The van der Waals surface area contributed by atoms with Gasteiger partial charge in [-0.3, -0.25) is 0 Å². The molecule has 0 radical (unpaired) electrons. The van der Waals surface area contributed by atoms with Crippen molar-refractivity contribution in [2.24, 2.45) is 0 Å². The molecular formula is C16H18N2O3. The summed E-state index contributed by atoms with van der Waals surface area (Å²) in [5, 5.41) is 13.6. The molecule has 2 atom stereocenters. The first-order chi connectivity index (χ1) is 9.99. The summed E-state index contributed by atoms with van der Waals surface area (Å²) in [6.45, 7) is 4.69. The Balaban J connectivity index is 2.07. The van der Waals surface area contributed by atoms with Crippen molar-refractivity contribution in [3.63, 3.8) is 0 Å². The predicted molar refractivity (Wildman–Crippen MR) is 80.8 cm³/mol. The Morgan fingerprint density at radius 3 is 2.90 bits per heavy atom. The van der Waals surface area contributed by atoms with E-state index < -0.39 is 5.97 Å². The minimum atomic E-state index is -0.981. The largest absolute Gasteiger partial charge is 0.478 e. The van der Waals surface area contributed by atoms with Crippen LogP contribution in [0.1, 0.15) is 30.6 Å². The monoisotopic (exact) mass is 286 g/mol. The van der Waals surface area contributed by atoms with Crippen molar-refractivity contribution < 1.29 is 14.6 Å². The third-order valence-corrected chi connectivity index (χ3v) is 4.24. The molecule has 1 fully saturated rings. The maximum atomic E-state index is 11.5. The van der Waals surface area contributed by atoms with Crippen molar-refractivity contribution in [3.8, 4) is 0 Å². The minimum Gasteiger partial charge on any atom is -0.478 e. The maximum Gasteiger partial charge on any atom is 0.339 e. The van der Waals surface area contributed by atoms with Gasteiger partial charge in [0.1, 0.15) is 11.4 Å². The van der Waals surface area contributed by atoms with Gasteiger partial charge >= 0.3 is 5.97 Å². The molecule has 0 aliphatic carbocycles. The summed E-state index contributed by atoms with van der Waals surface area (Å²) < 4.78 is 5.59. The number of hydrogen-bond donors (Lipinski definition) is 2. The molecule has 1 aromatic carbocycles. The average molecular weight is 286 g/mol. The van der Waals surface area contributed by atoms with Gasteiger partial charge in [-0.25, -0.2) is 9.78 Å². The molecule has 21 heavy (non-hydrogen) atoms. The van der Waals surface area contributed by atoms with Crippen molar-refractivity contribution in [1.82, 2.24) is 4.98 Å². The van der Waals surface area contributed by atoms with Crippen LogP contribution in [0.5, 0.6) is 0 Å². The lowest BCUT2D eigenvalue weighted by Crippen LogP contribution is -2.42. The van der Waals surface area contributed by atoms with Crippen LogP contribution in [0, 0.1) is 0 Å². The molecule has 110 valence electrons. The highest BCUT2D eigenvalue weighted by Crippen LogP contribution is 2.31. The fraction of sp³-hybridized carbons (Fsp3) is 0.375. The highest BCUT2D eigenvalue weighted by atomic mass is 16.5. The first-order valence-electron chi connectivity index (χ1n) is 7.02. The van der Waals surface area contributed by atoms with Crippen LogP contribution in [0.2, 0.25) is 0 Å². The van der Waals surface area contributed by atoms with Gasteiger partial charge in [-0.2, -0.15) is 0 Å². The number of anilines is 1. The number of carboxylic acid groups (broad SMARTS) is 1. The third-order valence-electron chi connectivity index (χ3n) is 4.24. The summed E-state index contributed by atoms with van der Waals surface area (Å²) in [5.41, 5.74) is 0.661. The van der Waals surface area contributed by atoms with Crippen molar-refractivity contribution in [1.29, 1.82) is 0 Å². The second-order valence-corrected chi connectivity index (χ2v) is 5.69. The van der Waals surface area contributed by atoms with Crippen LogP contribution in [0.15, 0.2) is 30.3 Å². The Morgan fingerprint density at radius 1 is 1.48 bits per heavy atom. The van der Waals surface area contributed by atoms with E-state index >= 15 is 0 Å². The fourth-order valence-electron chi connectivity index (χ4n) is 2.64. The molecule has 0 spiro atoms. The van der Waals surface area contributed by atoms with Gasteiger partial charge in [0, 0.05) is 12.0 Å². The number of nitrogens with zero attached hydrogens (tertiary/aromatic N) is 1. The second-order valence-electron chi connectivity index (χ2n) is 5.69. The molecule has 2 aromatic rings. The van der Waals surface area contributed by atoms with Gasteiger partial charge in [0.2, 0.25) is 0 Å². The number of carbonyl (C=O) groups is 1.